The molecule has 2 nitrogen and oxygen atoms in total. The molecule has 0 unspecified atom stereocenters. The van der Waals surface area contributed by atoms with E-state index in [2.05, 4.69) is 46.5 Å². The zero-order chi connectivity index (χ0) is 10.6. The van der Waals surface area contributed by atoms with Crippen molar-refractivity contribution in [2.24, 2.45) is 0 Å². The number of halogens is 1. The maximum absolute atomic E-state index is 8.87. The lowest BCUT2D eigenvalue weighted by atomic mass is 10.0. The maximum Gasteiger partial charge on any atom is 0.0448 e. The zero-order valence-corrected chi connectivity index (χ0v) is 10.9. The van der Waals surface area contributed by atoms with E-state index in [1.165, 1.54) is 4.88 Å². The summed E-state index contributed by atoms with van der Waals surface area (Å²) in [5, 5.41) is 14.4. The molecule has 4 heteroatoms. The Hall–Kier alpha value is 0.100. The van der Waals surface area contributed by atoms with Crippen molar-refractivity contribution in [3.63, 3.8) is 0 Å². The third kappa shape index (κ3) is 3.69. The summed E-state index contributed by atoms with van der Waals surface area (Å²) in [6.45, 7) is 5.28. The summed E-state index contributed by atoms with van der Waals surface area (Å²) < 4.78 is 1.16. The molecule has 0 saturated heterocycles. The third-order valence-corrected chi connectivity index (χ3v) is 4.08. The van der Waals surface area contributed by atoms with E-state index < -0.39 is 0 Å². The molecule has 2 N–H and O–H groups in total. The van der Waals surface area contributed by atoms with Gasteiger partial charge in [-0.05, 0) is 47.6 Å². The van der Waals surface area contributed by atoms with E-state index in [0.29, 0.717) is 0 Å². The van der Waals surface area contributed by atoms with Gasteiger partial charge in [-0.15, -0.1) is 11.3 Å². The van der Waals surface area contributed by atoms with Crippen LogP contribution in [0.25, 0.3) is 0 Å². The van der Waals surface area contributed by atoms with Crippen molar-refractivity contribution >= 4 is 27.3 Å². The molecular weight excluding hydrogens is 262 g/mol. The first-order valence-corrected chi connectivity index (χ1v) is 6.30. The number of aliphatic hydroxyl groups excluding tert-OH is 1. The van der Waals surface area contributed by atoms with Gasteiger partial charge in [0.2, 0.25) is 0 Å². The second-order valence-corrected chi connectivity index (χ2v) is 5.76. The van der Waals surface area contributed by atoms with Gasteiger partial charge in [0.1, 0.15) is 0 Å². The number of nitrogens with one attached hydrogen (secondary N) is 1. The summed E-state index contributed by atoms with van der Waals surface area (Å²) in [6.07, 6.45) is 0.774. The second-order valence-electron chi connectivity index (χ2n) is 3.90. The van der Waals surface area contributed by atoms with Crippen molar-refractivity contribution in [2.45, 2.75) is 32.4 Å². The third-order valence-electron chi connectivity index (χ3n) is 2.16. The topological polar surface area (TPSA) is 32.3 Å². The van der Waals surface area contributed by atoms with Crippen LogP contribution in [-0.4, -0.2) is 17.3 Å². The summed E-state index contributed by atoms with van der Waals surface area (Å²) in [5.74, 6) is 0. The van der Waals surface area contributed by atoms with Crippen LogP contribution >= 0.6 is 27.3 Å². The highest BCUT2D eigenvalue weighted by Crippen LogP contribution is 2.23. The highest BCUT2D eigenvalue weighted by molar-refractivity contribution is 9.10. The molecule has 0 spiro atoms. The molecule has 1 aromatic rings. The Kier molecular flexibility index (Phi) is 4.57. The van der Waals surface area contributed by atoms with Crippen molar-refractivity contribution in [3.8, 4) is 0 Å². The van der Waals surface area contributed by atoms with E-state index >= 15 is 0 Å². The van der Waals surface area contributed by atoms with Crippen LogP contribution in [0.4, 0.5) is 0 Å². The molecule has 80 valence electrons. The Bertz CT molecular complexity index is 285. The van der Waals surface area contributed by atoms with Crippen molar-refractivity contribution in [2.75, 3.05) is 6.61 Å². The number of hydrogen-bond donors (Lipinski definition) is 2. The molecule has 1 heterocycles. The molecule has 1 aromatic heterocycles. The average molecular weight is 278 g/mol. The number of aliphatic hydroxyl groups is 1. The average Bonchev–Trinajstić information content (AvgIpc) is 2.48. The normalized spacial score (nSPS) is 12.0. The second kappa shape index (κ2) is 5.26. The minimum absolute atomic E-state index is 0.00181. The fourth-order valence-electron chi connectivity index (χ4n) is 1.14. The molecule has 0 bridgehead atoms. The maximum atomic E-state index is 8.87. The molecule has 0 atom stereocenters. The van der Waals surface area contributed by atoms with Crippen LogP contribution in [0.1, 0.15) is 25.1 Å². The first-order valence-electron chi connectivity index (χ1n) is 4.63. The summed E-state index contributed by atoms with van der Waals surface area (Å²) in [7, 11) is 0. The van der Waals surface area contributed by atoms with Crippen LogP contribution in [0, 0.1) is 0 Å². The Morgan fingerprint density at radius 3 is 2.79 bits per heavy atom. The molecule has 0 amide bonds. The standard InChI is InChI=1S/C10H16BrNOS/c1-10(2,4-5-13)12-7-9-8(11)3-6-14-9/h3,6,12-13H,4-5,7H2,1-2H3. The first-order chi connectivity index (χ1) is 6.55. The quantitative estimate of drug-likeness (QED) is 0.868. The van der Waals surface area contributed by atoms with Crippen LogP contribution in [0.5, 0.6) is 0 Å². The number of rotatable bonds is 5. The van der Waals surface area contributed by atoms with E-state index in [0.717, 1.165) is 17.4 Å². The predicted molar refractivity (Wildman–Crippen MR) is 64.6 cm³/mol. The zero-order valence-electron chi connectivity index (χ0n) is 8.51. The van der Waals surface area contributed by atoms with Crippen molar-refractivity contribution in [1.29, 1.82) is 0 Å². The van der Waals surface area contributed by atoms with Crippen LogP contribution in [0.2, 0.25) is 0 Å². The molecule has 0 radical (unpaired) electrons. The molecule has 1 rings (SSSR count). The lowest BCUT2D eigenvalue weighted by Crippen LogP contribution is -2.39. The summed E-state index contributed by atoms with van der Waals surface area (Å²) in [5.41, 5.74) is -0.00181. The lowest BCUT2D eigenvalue weighted by Gasteiger charge is -2.25. The minimum Gasteiger partial charge on any atom is -0.396 e. The minimum atomic E-state index is -0.00181. The van der Waals surface area contributed by atoms with E-state index in [1.807, 2.05) is 0 Å². The van der Waals surface area contributed by atoms with Crippen molar-refractivity contribution in [3.05, 3.63) is 20.8 Å². The first kappa shape index (κ1) is 12.2. The number of hydrogen-bond acceptors (Lipinski definition) is 3. The van der Waals surface area contributed by atoms with Gasteiger partial charge in [0.15, 0.2) is 0 Å². The molecule has 0 aliphatic heterocycles. The molecule has 14 heavy (non-hydrogen) atoms. The predicted octanol–water partition coefficient (Wildman–Crippen LogP) is 2.76. The Labute approximate surface area is 97.5 Å². The highest BCUT2D eigenvalue weighted by Gasteiger charge is 2.16. The van der Waals surface area contributed by atoms with E-state index in [9.17, 15) is 0 Å². The Morgan fingerprint density at radius 1 is 1.57 bits per heavy atom. The van der Waals surface area contributed by atoms with Gasteiger partial charge < -0.3 is 10.4 Å². The molecule has 0 fully saturated rings. The van der Waals surface area contributed by atoms with Gasteiger partial charge >= 0.3 is 0 Å². The van der Waals surface area contributed by atoms with Crippen LogP contribution in [0.3, 0.4) is 0 Å². The molecule has 0 saturated carbocycles. The van der Waals surface area contributed by atoms with Gasteiger partial charge in [-0.1, -0.05) is 0 Å². The van der Waals surface area contributed by atoms with Gasteiger partial charge in [0.25, 0.3) is 0 Å². The Morgan fingerprint density at radius 2 is 2.29 bits per heavy atom. The molecule has 0 aliphatic carbocycles. The van der Waals surface area contributed by atoms with E-state index in [-0.39, 0.29) is 12.1 Å². The lowest BCUT2D eigenvalue weighted by molar-refractivity contribution is 0.230. The van der Waals surface area contributed by atoms with Crippen molar-refractivity contribution in [1.82, 2.24) is 5.32 Å². The van der Waals surface area contributed by atoms with Gasteiger partial charge in [0, 0.05) is 28.0 Å². The summed E-state index contributed by atoms with van der Waals surface area (Å²) in [6, 6.07) is 2.06. The van der Waals surface area contributed by atoms with Gasteiger partial charge in [-0.3, -0.25) is 0 Å². The van der Waals surface area contributed by atoms with Gasteiger partial charge in [-0.2, -0.15) is 0 Å². The summed E-state index contributed by atoms with van der Waals surface area (Å²) >= 11 is 5.23. The van der Waals surface area contributed by atoms with Crippen LogP contribution in [0.15, 0.2) is 15.9 Å². The molecule has 0 aromatic carbocycles. The van der Waals surface area contributed by atoms with Crippen molar-refractivity contribution < 1.29 is 5.11 Å². The van der Waals surface area contributed by atoms with Gasteiger partial charge in [0.05, 0.1) is 0 Å². The number of thiophene rings is 1. The molecule has 0 aliphatic rings. The SMILES string of the molecule is CC(C)(CCO)NCc1sccc1Br. The Balaban J connectivity index is 2.44. The largest absolute Gasteiger partial charge is 0.396 e. The monoisotopic (exact) mass is 277 g/mol. The fourth-order valence-corrected chi connectivity index (χ4v) is 2.57. The van der Waals surface area contributed by atoms with Crippen LogP contribution < -0.4 is 5.32 Å². The van der Waals surface area contributed by atoms with Gasteiger partial charge in [-0.25, -0.2) is 0 Å². The highest BCUT2D eigenvalue weighted by atomic mass is 79.9. The van der Waals surface area contributed by atoms with E-state index in [4.69, 9.17) is 5.11 Å². The smallest absolute Gasteiger partial charge is 0.0448 e. The van der Waals surface area contributed by atoms with E-state index in [1.54, 1.807) is 11.3 Å². The molecular formula is C10H16BrNOS. The fraction of sp³-hybridized carbons (Fsp3) is 0.600. The summed E-state index contributed by atoms with van der Waals surface area (Å²) in [4.78, 5) is 1.30. The van der Waals surface area contributed by atoms with Crippen LogP contribution in [-0.2, 0) is 6.54 Å².